The molecule has 0 saturated carbocycles. The van der Waals surface area contributed by atoms with Crippen molar-refractivity contribution in [2.75, 3.05) is 49.5 Å². The fraction of sp³-hybridized carbons (Fsp3) is 0.241. The van der Waals surface area contributed by atoms with E-state index in [1.54, 1.807) is 30.5 Å². The molecule has 3 aromatic carbocycles. The second-order valence-electron chi connectivity index (χ2n) is 9.46. The molecule has 0 atom stereocenters. The van der Waals surface area contributed by atoms with Crippen LogP contribution >= 0.6 is 0 Å². The minimum Gasteiger partial charge on any atom is -0.492 e. The third-order valence-electron chi connectivity index (χ3n) is 6.65. The molecule has 1 aromatic heterocycles. The summed E-state index contributed by atoms with van der Waals surface area (Å²) in [6.45, 7) is 1.27. The van der Waals surface area contributed by atoms with Crippen LogP contribution in [0.15, 0.2) is 101 Å². The van der Waals surface area contributed by atoms with E-state index in [1.165, 1.54) is 8.99 Å². The summed E-state index contributed by atoms with van der Waals surface area (Å²) in [4.78, 5) is 15.3. The molecule has 0 bridgehead atoms. The Balaban J connectivity index is 1.31. The Kier molecular flexibility index (Phi) is 8.87. The molecule has 226 valence electrons. The number of aromatic nitrogens is 2. The number of nitrogens with zero attached hydrogens (tertiary/aromatic N) is 4. The molecule has 10 nitrogen and oxygen atoms in total. The lowest BCUT2D eigenvalue weighted by Crippen LogP contribution is -2.49. The van der Waals surface area contributed by atoms with E-state index in [0.717, 1.165) is 24.3 Å². The molecule has 43 heavy (non-hydrogen) atoms. The van der Waals surface area contributed by atoms with Crippen molar-refractivity contribution in [3.8, 4) is 17.2 Å². The molecule has 2 heterocycles. The summed E-state index contributed by atoms with van der Waals surface area (Å²) in [6, 6.07) is 22.3. The largest absolute Gasteiger partial charge is 0.573 e. The normalized spacial score (nSPS) is 14.3. The number of nitrogens with one attached hydrogen (secondary N) is 1. The van der Waals surface area contributed by atoms with Gasteiger partial charge in [-0.1, -0.05) is 36.4 Å². The molecule has 1 N–H and O–H groups in total. The summed E-state index contributed by atoms with van der Waals surface area (Å²) in [5, 5.41) is 7.56. The summed E-state index contributed by atoms with van der Waals surface area (Å²) in [5.74, 6) is 0.184. The van der Waals surface area contributed by atoms with Crippen molar-refractivity contribution >= 4 is 21.4 Å². The van der Waals surface area contributed by atoms with Gasteiger partial charge in [0.25, 0.3) is 5.56 Å². The number of sulfonamides is 1. The molecule has 1 fully saturated rings. The number of ether oxygens (including phenoxy) is 2. The predicted molar refractivity (Wildman–Crippen MR) is 154 cm³/mol. The Morgan fingerprint density at radius 1 is 0.837 bits per heavy atom. The molecule has 1 aliphatic heterocycles. The Morgan fingerprint density at radius 3 is 2.09 bits per heavy atom. The summed E-state index contributed by atoms with van der Waals surface area (Å²) < 4.78 is 75.9. The fourth-order valence-corrected chi connectivity index (χ4v) is 6.02. The first-order chi connectivity index (χ1) is 20.6. The van der Waals surface area contributed by atoms with Crippen molar-refractivity contribution < 1.29 is 31.1 Å². The van der Waals surface area contributed by atoms with Gasteiger partial charge in [0.1, 0.15) is 23.8 Å². The lowest BCUT2D eigenvalue weighted by atomic mass is 10.2. The van der Waals surface area contributed by atoms with Crippen LogP contribution < -0.4 is 25.2 Å². The van der Waals surface area contributed by atoms with E-state index in [2.05, 4.69) is 15.2 Å². The molecule has 5 rings (SSSR count). The van der Waals surface area contributed by atoms with Crippen molar-refractivity contribution in [1.82, 2.24) is 14.1 Å². The molecule has 4 aromatic rings. The van der Waals surface area contributed by atoms with Crippen molar-refractivity contribution in [3.63, 3.8) is 0 Å². The average molecular weight is 616 g/mol. The Bertz CT molecular complexity index is 1680. The van der Waals surface area contributed by atoms with Crippen molar-refractivity contribution in [3.05, 3.63) is 101 Å². The minimum absolute atomic E-state index is 0.0848. The number of hydrogen-bond acceptors (Lipinski definition) is 8. The standard InChI is InChI=1S/C29H28F3N5O5S/c30-29(31,32)42-24-11-13-25(14-12-24)43(39,40)36-18-16-35(17-19-36)26-21-34-37(22-7-3-1-4-8-22)28(38)27(26)33-15-20-41-23-9-5-2-6-10-23/h1-14,21,33H,15-20H2. The van der Waals surface area contributed by atoms with E-state index in [-0.39, 0.29) is 43.2 Å². The van der Waals surface area contributed by atoms with Gasteiger partial charge in [-0.15, -0.1) is 13.2 Å². The van der Waals surface area contributed by atoms with Crippen molar-refractivity contribution in [2.24, 2.45) is 0 Å². The van der Waals surface area contributed by atoms with E-state index >= 15 is 0 Å². The van der Waals surface area contributed by atoms with Gasteiger partial charge in [-0.3, -0.25) is 4.79 Å². The van der Waals surface area contributed by atoms with E-state index in [1.807, 2.05) is 41.3 Å². The number of para-hydroxylation sites is 2. The van der Waals surface area contributed by atoms with Crippen LogP contribution in [0.25, 0.3) is 5.69 Å². The Labute approximate surface area is 245 Å². The zero-order chi connectivity index (χ0) is 30.5. The number of benzene rings is 3. The first kappa shape index (κ1) is 29.9. The minimum atomic E-state index is -4.88. The zero-order valence-electron chi connectivity index (χ0n) is 22.8. The van der Waals surface area contributed by atoms with E-state index in [0.29, 0.717) is 29.4 Å². The highest BCUT2D eigenvalue weighted by molar-refractivity contribution is 7.89. The topological polar surface area (TPSA) is 106 Å². The molecule has 1 saturated heterocycles. The quantitative estimate of drug-likeness (QED) is 0.266. The van der Waals surface area contributed by atoms with Gasteiger partial charge < -0.3 is 19.7 Å². The van der Waals surface area contributed by atoms with Crippen molar-refractivity contribution in [1.29, 1.82) is 0 Å². The van der Waals surface area contributed by atoms with Crippen LogP contribution in [-0.2, 0) is 10.0 Å². The van der Waals surface area contributed by atoms with Crippen LogP contribution in [0.3, 0.4) is 0 Å². The van der Waals surface area contributed by atoms with Gasteiger partial charge in [-0.25, -0.2) is 8.42 Å². The first-order valence-electron chi connectivity index (χ1n) is 13.3. The number of rotatable bonds is 10. The van der Waals surface area contributed by atoms with Gasteiger partial charge in [0.2, 0.25) is 10.0 Å². The highest BCUT2D eigenvalue weighted by Gasteiger charge is 2.32. The van der Waals surface area contributed by atoms with Crippen LogP contribution in [0.5, 0.6) is 11.5 Å². The fourth-order valence-electron chi connectivity index (χ4n) is 4.60. The maximum absolute atomic E-state index is 13.6. The highest BCUT2D eigenvalue weighted by Crippen LogP contribution is 2.28. The highest BCUT2D eigenvalue weighted by atomic mass is 32.2. The number of alkyl halides is 3. The summed E-state index contributed by atoms with van der Waals surface area (Å²) in [6.07, 6.45) is -3.31. The van der Waals surface area contributed by atoms with Crippen LogP contribution in [0.2, 0.25) is 0 Å². The molecule has 0 amide bonds. The molecule has 0 aliphatic carbocycles. The lowest BCUT2D eigenvalue weighted by molar-refractivity contribution is -0.274. The monoisotopic (exact) mass is 615 g/mol. The van der Waals surface area contributed by atoms with Crippen LogP contribution in [-0.4, -0.2) is 68.2 Å². The van der Waals surface area contributed by atoms with E-state index in [9.17, 15) is 26.4 Å². The van der Waals surface area contributed by atoms with Gasteiger partial charge in [0, 0.05) is 32.7 Å². The number of piperazine rings is 1. The number of anilines is 2. The van der Waals surface area contributed by atoms with Gasteiger partial charge in [0.15, 0.2) is 0 Å². The molecule has 14 heteroatoms. The smallest absolute Gasteiger partial charge is 0.492 e. The van der Waals surface area contributed by atoms with E-state index < -0.39 is 22.1 Å². The molecule has 0 unspecified atom stereocenters. The van der Waals surface area contributed by atoms with Crippen LogP contribution in [0, 0.1) is 0 Å². The maximum atomic E-state index is 13.6. The number of halogens is 3. The summed E-state index contributed by atoms with van der Waals surface area (Å²) in [5.41, 5.74) is 1.03. The Hall–Kier alpha value is -4.56. The molecular formula is C29H28F3N5O5S. The SMILES string of the molecule is O=c1c(NCCOc2ccccc2)c(N2CCN(S(=O)(=O)c3ccc(OC(F)(F)F)cc3)CC2)cnn1-c1ccccc1. The molecule has 0 radical (unpaired) electrons. The van der Waals surface area contributed by atoms with Gasteiger partial charge in [0.05, 0.1) is 22.5 Å². The van der Waals surface area contributed by atoms with Gasteiger partial charge in [-0.2, -0.15) is 14.1 Å². The second-order valence-corrected chi connectivity index (χ2v) is 11.4. The third kappa shape index (κ3) is 7.27. The Morgan fingerprint density at radius 2 is 1.47 bits per heavy atom. The molecular weight excluding hydrogens is 587 g/mol. The molecule has 1 aliphatic rings. The summed E-state index contributed by atoms with van der Waals surface area (Å²) >= 11 is 0. The lowest BCUT2D eigenvalue weighted by Gasteiger charge is -2.36. The van der Waals surface area contributed by atoms with Crippen LogP contribution in [0.1, 0.15) is 0 Å². The third-order valence-corrected chi connectivity index (χ3v) is 8.56. The van der Waals surface area contributed by atoms with Gasteiger partial charge >= 0.3 is 6.36 Å². The van der Waals surface area contributed by atoms with Crippen LogP contribution in [0.4, 0.5) is 24.5 Å². The summed E-state index contributed by atoms with van der Waals surface area (Å²) in [7, 11) is -3.98. The number of hydrogen-bond donors (Lipinski definition) is 1. The maximum Gasteiger partial charge on any atom is 0.573 e. The van der Waals surface area contributed by atoms with E-state index in [4.69, 9.17) is 4.74 Å². The average Bonchev–Trinajstić information content (AvgIpc) is 3.00. The van der Waals surface area contributed by atoms with Gasteiger partial charge in [-0.05, 0) is 48.5 Å². The zero-order valence-corrected chi connectivity index (χ0v) is 23.6. The molecule has 0 spiro atoms. The second kappa shape index (κ2) is 12.8. The first-order valence-corrected chi connectivity index (χ1v) is 14.8. The van der Waals surface area contributed by atoms with Crippen molar-refractivity contribution in [2.45, 2.75) is 11.3 Å². The predicted octanol–water partition coefficient (Wildman–Crippen LogP) is 4.13.